The van der Waals surface area contributed by atoms with Crippen LogP contribution in [0, 0.1) is 0 Å². The van der Waals surface area contributed by atoms with Crippen LogP contribution in [0.15, 0.2) is 48.5 Å². The van der Waals surface area contributed by atoms with Gasteiger partial charge in [-0.1, -0.05) is 49.6 Å². The van der Waals surface area contributed by atoms with Crippen molar-refractivity contribution < 1.29 is 9.47 Å². The Morgan fingerprint density at radius 1 is 1.00 bits per heavy atom. The first-order valence-electron chi connectivity index (χ1n) is 9.05. The lowest BCUT2D eigenvalue weighted by Crippen LogP contribution is -2.41. The number of benzene rings is 2. The fraction of sp³-hybridized carbons (Fsp3) is 0.429. The van der Waals surface area contributed by atoms with Crippen molar-refractivity contribution >= 4 is 0 Å². The zero-order chi connectivity index (χ0) is 16.2. The summed E-state index contributed by atoms with van der Waals surface area (Å²) >= 11 is 0. The monoisotopic (exact) mass is 323 g/mol. The molecule has 1 fully saturated rings. The Bertz CT molecular complexity index is 665. The van der Waals surface area contributed by atoms with Crippen LogP contribution in [0.2, 0.25) is 0 Å². The van der Waals surface area contributed by atoms with Crippen molar-refractivity contribution in [3.05, 3.63) is 59.7 Å². The van der Waals surface area contributed by atoms with Gasteiger partial charge in [0.05, 0.1) is 0 Å². The standard InChI is InChI=1S/C21H25NO2/c1-3-7-17(8-4-1)15-23-20-11-12-21-18(13-20)14-22(16-24-21)19-9-5-2-6-10-19/h1,3-4,7-8,11-13,19H,2,5-6,9-10,14-16H2. The van der Waals surface area contributed by atoms with Gasteiger partial charge in [0, 0.05) is 18.2 Å². The SMILES string of the molecule is c1ccc(COc2ccc3c(c2)CN(C2CCCCC2)CO3)cc1. The van der Waals surface area contributed by atoms with Gasteiger partial charge in [-0.2, -0.15) is 0 Å². The van der Waals surface area contributed by atoms with Crippen LogP contribution >= 0.6 is 0 Å². The Hall–Kier alpha value is -2.00. The van der Waals surface area contributed by atoms with Crippen molar-refractivity contribution in [2.75, 3.05) is 6.73 Å². The Balaban J connectivity index is 1.42. The second-order valence-electron chi connectivity index (χ2n) is 6.86. The molecule has 0 aromatic heterocycles. The third kappa shape index (κ3) is 3.57. The van der Waals surface area contributed by atoms with E-state index in [9.17, 15) is 0 Å². The molecule has 0 spiro atoms. The molecule has 2 aromatic carbocycles. The van der Waals surface area contributed by atoms with Gasteiger partial charge in [-0.05, 0) is 36.6 Å². The molecule has 0 saturated heterocycles. The Labute approximate surface area is 144 Å². The van der Waals surface area contributed by atoms with E-state index in [0.29, 0.717) is 12.6 Å². The van der Waals surface area contributed by atoms with E-state index in [4.69, 9.17) is 9.47 Å². The maximum atomic E-state index is 5.98. The maximum Gasteiger partial charge on any atom is 0.142 e. The summed E-state index contributed by atoms with van der Waals surface area (Å²) in [7, 11) is 0. The van der Waals surface area contributed by atoms with Gasteiger partial charge < -0.3 is 9.47 Å². The van der Waals surface area contributed by atoms with Gasteiger partial charge in [-0.15, -0.1) is 0 Å². The molecule has 0 atom stereocenters. The smallest absolute Gasteiger partial charge is 0.142 e. The topological polar surface area (TPSA) is 21.7 Å². The molecule has 126 valence electrons. The number of ether oxygens (including phenoxy) is 2. The summed E-state index contributed by atoms with van der Waals surface area (Å²) < 4.78 is 11.9. The van der Waals surface area contributed by atoms with Crippen LogP contribution < -0.4 is 9.47 Å². The quantitative estimate of drug-likeness (QED) is 0.810. The molecule has 2 aromatic rings. The molecular formula is C21H25NO2. The van der Waals surface area contributed by atoms with E-state index in [1.807, 2.05) is 30.3 Å². The van der Waals surface area contributed by atoms with Crippen molar-refractivity contribution in [1.82, 2.24) is 4.90 Å². The van der Waals surface area contributed by atoms with Crippen molar-refractivity contribution in [2.24, 2.45) is 0 Å². The van der Waals surface area contributed by atoms with Gasteiger partial charge in [0.1, 0.15) is 24.8 Å². The molecule has 24 heavy (non-hydrogen) atoms. The van der Waals surface area contributed by atoms with Crippen LogP contribution in [0.1, 0.15) is 43.2 Å². The van der Waals surface area contributed by atoms with Gasteiger partial charge in [-0.3, -0.25) is 4.90 Å². The molecule has 0 unspecified atom stereocenters. The molecule has 3 nitrogen and oxygen atoms in total. The lowest BCUT2D eigenvalue weighted by atomic mass is 9.94. The molecule has 0 radical (unpaired) electrons. The van der Waals surface area contributed by atoms with Gasteiger partial charge in [0.15, 0.2) is 0 Å². The summed E-state index contributed by atoms with van der Waals surface area (Å²) in [6.45, 7) is 2.30. The highest BCUT2D eigenvalue weighted by Gasteiger charge is 2.26. The van der Waals surface area contributed by atoms with Crippen LogP contribution in [0.5, 0.6) is 11.5 Å². The van der Waals surface area contributed by atoms with E-state index in [0.717, 1.165) is 24.8 Å². The normalized spacial score (nSPS) is 18.7. The van der Waals surface area contributed by atoms with E-state index in [1.165, 1.54) is 43.2 Å². The number of rotatable bonds is 4. The van der Waals surface area contributed by atoms with E-state index >= 15 is 0 Å². The van der Waals surface area contributed by atoms with Gasteiger partial charge in [-0.25, -0.2) is 0 Å². The molecule has 0 N–H and O–H groups in total. The summed E-state index contributed by atoms with van der Waals surface area (Å²) in [6, 6.07) is 17.2. The molecular weight excluding hydrogens is 298 g/mol. The number of hydrogen-bond acceptors (Lipinski definition) is 3. The maximum absolute atomic E-state index is 5.98. The lowest BCUT2D eigenvalue weighted by Gasteiger charge is -2.37. The molecule has 1 aliphatic carbocycles. The molecule has 2 aliphatic rings. The molecule has 1 heterocycles. The molecule has 0 bridgehead atoms. The second-order valence-corrected chi connectivity index (χ2v) is 6.86. The van der Waals surface area contributed by atoms with Crippen LogP contribution in [0.3, 0.4) is 0 Å². The summed E-state index contributed by atoms with van der Waals surface area (Å²) in [5.74, 6) is 1.93. The van der Waals surface area contributed by atoms with E-state index in [-0.39, 0.29) is 0 Å². The van der Waals surface area contributed by atoms with Crippen molar-refractivity contribution in [2.45, 2.75) is 51.3 Å². The lowest BCUT2D eigenvalue weighted by molar-refractivity contribution is 0.0401. The minimum absolute atomic E-state index is 0.604. The van der Waals surface area contributed by atoms with Gasteiger partial charge >= 0.3 is 0 Å². The minimum atomic E-state index is 0.604. The molecule has 4 rings (SSSR count). The average Bonchev–Trinajstić information content (AvgIpc) is 2.67. The Morgan fingerprint density at radius 3 is 2.67 bits per heavy atom. The van der Waals surface area contributed by atoms with Crippen LogP contribution in [0.4, 0.5) is 0 Å². The number of nitrogens with zero attached hydrogens (tertiary/aromatic N) is 1. The van der Waals surface area contributed by atoms with Crippen molar-refractivity contribution in [3.8, 4) is 11.5 Å². The molecule has 1 saturated carbocycles. The predicted octanol–water partition coefficient (Wildman–Crippen LogP) is 4.75. The molecule has 3 heteroatoms. The first-order valence-corrected chi connectivity index (χ1v) is 9.05. The molecule has 1 aliphatic heterocycles. The van der Waals surface area contributed by atoms with Gasteiger partial charge in [0.2, 0.25) is 0 Å². The Kier molecular flexibility index (Phi) is 4.70. The third-order valence-corrected chi connectivity index (χ3v) is 5.13. The zero-order valence-corrected chi connectivity index (χ0v) is 14.1. The third-order valence-electron chi connectivity index (χ3n) is 5.13. The number of hydrogen-bond donors (Lipinski definition) is 0. The van der Waals surface area contributed by atoms with Crippen molar-refractivity contribution in [1.29, 1.82) is 0 Å². The highest BCUT2D eigenvalue weighted by Crippen LogP contribution is 2.32. The summed E-state index contributed by atoms with van der Waals surface area (Å²) in [6.07, 6.45) is 6.72. The Morgan fingerprint density at radius 2 is 1.83 bits per heavy atom. The van der Waals surface area contributed by atoms with Crippen molar-refractivity contribution in [3.63, 3.8) is 0 Å². The minimum Gasteiger partial charge on any atom is -0.489 e. The highest BCUT2D eigenvalue weighted by atomic mass is 16.5. The fourth-order valence-electron chi connectivity index (χ4n) is 3.75. The van der Waals surface area contributed by atoms with Gasteiger partial charge in [0.25, 0.3) is 0 Å². The summed E-state index contributed by atoms with van der Waals surface area (Å²) in [4.78, 5) is 2.49. The zero-order valence-electron chi connectivity index (χ0n) is 14.1. The fourth-order valence-corrected chi connectivity index (χ4v) is 3.75. The average molecular weight is 323 g/mol. The number of fused-ring (bicyclic) bond motifs is 1. The van der Waals surface area contributed by atoms with Crippen LogP contribution in [-0.4, -0.2) is 17.7 Å². The summed E-state index contributed by atoms with van der Waals surface area (Å²) in [5.41, 5.74) is 2.44. The predicted molar refractivity (Wildman–Crippen MR) is 95.1 cm³/mol. The second kappa shape index (κ2) is 7.27. The summed E-state index contributed by atoms with van der Waals surface area (Å²) in [5, 5.41) is 0. The van der Waals surface area contributed by atoms with E-state index in [1.54, 1.807) is 0 Å². The van der Waals surface area contributed by atoms with Crippen LogP contribution in [0.25, 0.3) is 0 Å². The largest absolute Gasteiger partial charge is 0.489 e. The van der Waals surface area contributed by atoms with E-state index < -0.39 is 0 Å². The van der Waals surface area contributed by atoms with Crippen LogP contribution in [-0.2, 0) is 13.2 Å². The molecule has 0 amide bonds. The van der Waals surface area contributed by atoms with E-state index in [2.05, 4.69) is 23.1 Å². The highest BCUT2D eigenvalue weighted by molar-refractivity contribution is 5.41. The first kappa shape index (κ1) is 15.5. The first-order chi connectivity index (χ1) is 11.9.